The number of nitrogens with zero attached hydrogens (tertiary/aromatic N) is 2. The maximum atomic E-state index is 14.0. The molecule has 9 nitrogen and oxygen atoms in total. The van der Waals surface area contributed by atoms with Crippen LogP contribution in [0, 0.1) is 17.3 Å². The highest BCUT2D eigenvalue weighted by Gasteiger charge is 2.42. The molecule has 4 rings (SSSR count). The lowest BCUT2D eigenvalue weighted by molar-refractivity contribution is -0.134. The summed E-state index contributed by atoms with van der Waals surface area (Å²) in [6, 6.07) is 8.29. The first-order valence-corrected chi connectivity index (χ1v) is 18.4. The van der Waals surface area contributed by atoms with E-state index in [4.69, 9.17) is 0 Å². The Morgan fingerprint density at radius 3 is 2.22 bits per heavy atom. The van der Waals surface area contributed by atoms with Crippen molar-refractivity contribution in [2.75, 3.05) is 38.5 Å². The lowest BCUT2D eigenvalue weighted by Gasteiger charge is -2.47. The van der Waals surface area contributed by atoms with Crippen molar-refractivity contribution >= 4 is 29.5 Å². The Kier molecular flexibility index (Phi) is 13.0. The monoisotopic (exact) mass is 657 g/mol. The molecule has 1 aliphatic carbocycles. The van der Waals surface area contributed by atoms with E-state index in [9.17, 15) is 19.5 Å². The molecule has 2 saturated heterocycles. The molecule has 3 fully saturated rings. The van der Waals surface area contributed by atoms with Crippen LogP contribution >= 0.6 is 11.8 Å². The lowest BCUT2D eigenvalue weighted by Crippen LogP contribution is -2.62. The molecule has 6 unspecified atom stereocenters. The molecular formula is C36H59N5O4S. The van der Waals surface area contributed by atoms with E-state index < -0.39 is 23.6 Å². The molecule has 0 radical (unpaired) electrons. The first-order valence-electron chi connectivity index (χ1n) is 17.4. The smallest absolute Gasteiger partial charge is 0.243 e. The fraction of sp³-hybridized carbons (Fsp3) is 0.750. The standard InChI is InChI=1S/C36H59N5O4S/c1-35(2,3)32(38-31(43)23-40-18-12-13-19-40)34(45)37-28(24-46-27-16-8-7-9-17-27)30(42)22-41-21-26-15-11-10-14-25(26)20-29(41)33(44)39-36(4,5)6/h7-9,16-17,25-26,28-30,32,42H,10-15,18-24H2,1-6H3,(H,37,45)(H,38,43)(H,39,44). The van der Waals surface area contributed by atoms with Gasteiger partial charge in [0, 0.05) is 29.3 Å². The van der Waals surface area contributed by atoms with Crippen LogP contribution in [0.1, 0.15) is 86.5 Å². The number of aliphatic hydroxyl groups is 1. The molecule has 1 aromatic carbocycles. The Bertz CT molecular complexity index is 1150. The van der Waals surface area contributed by atoms with Crippen LogP contribution in [-0.4, -0.2) is 101 Å². The maximum Gasteiger partial charge on any atom is 0.243 e. The summed E-state index contributed by atoms with van der Waals surface area (Å²) in [7, 11) is 0. The second-order valence-corrected chi connectivity index (χ2v) is 17.0. The topological polar surface area (TPSA) is 114 Å². The summed E-state index contributed by atoms with van der Waals surface area (Å²) in [4.78, 5) is 46.0. The number of rotatable bonds is 12. The van der Waals surface area contributed by atoms with Gasteiger partial charge in [-0.25, -0.2) is 0 Å². The third-order valence-electron chi connectivity index (χ3n) is 9.69. The van der Waals surface area contributed by atoms with E-state index in [-0.39, 0.29) is 42.4 Å². The second-order valence-electron chi connectivity index (χ2n) is 15.9. The molecule has 3 aliphatic rings. The van der Waals surface area contributed by atoms with Crippen LogP contribution in [-0.2, 0) is 14.4 Å². The van der Waals surface area contributed by atoms with Crippen molar-refractivity contribution in [3.05, 3.63) is 30.3 Å². The van der Waals surface area contributed by atoms with Crippen molar-refractivity contribution in [2.24, 2.45) is 17.3 Å². The van der Waals surface area contributed by atoms with Crippen molar-refractivity contribution in [3.8, 4) is 0 Å². The minimum absolute atomic E-state index is 0.0106. The number of thioether (sulfide) groups is 1. The van der Waals surface area contributed by atoms with Gasteiger partial charge in [0.1, 0.15) is 6.04 Å². The number of aliphatic hydroxyl groups excluding tert-OH is 1. The van der Waals surface area contributed by atoms with Crippen LogP contribution in [0.25, 0.3) is 0 Å². The molecule has 3 amide bonds. The fourth-order valence-corrected chi connectivity index (χ4v) is 8.27. The van der Waals surface area contributed by atoms with Gasteiger partial charge in [0.15, 0.2) is 0 Å². The number of fused-ring (bicyclic) bond motifs is 1. The summed E-state index contributed by atoms with van der Waals surface area (Å²) in [5.41, 5.74) is -0.888. The van der Waals surface area contributed by atoms with Crippen molar-refractivity contribution < 1.29 is 19.5 Å². The highest BCUT2D eigenvalue weighted by Crippen LogP contribution is 2.39. The van der Waals surface area contributed by atoms with E-state index in [0.29, 0.717) is 17.6 Å². The van der Waals surface area contributed by atoms with Crippen LogP contribution in [0.15, 0.2) is 35.2 Å². The van der Waals surface area contributed by atoms with Crippen LogP contribution in [0.5, 0.6) is 0 Å². The Balaban J connectivity index is 1.51. The number of amides is 3. The molecule has 1 aromatic rings. The molecule has 0 bridgehead atoms. The molecular weight excluding hydrogens is 598 g/mol. The third-order valence-corrected chi connectivity index (χ3v) is 10.8. The highest BCUT2D eigenvalue weighted by atomic mass is 32.2. The second kappa shape index (κ2) is 16.3. The zero-order valence-electron chi connectivity index (χ0n) is 29.0. The molecule has 46 heavy (non-hydrogen) atoms. The number of carbonyl (C=O) groups is 3. The Labute approximate surface area is 281 Å². The molecule has 258 valence electrons. The first-order chi connectivity index (χ1) is 21.7. The lowest BCUT2D eigenvalue weighted by atomic mass is 9.72. The minimum Gasteiger partial charge on any atom is -0.390 e. The van der Waals surface area contributed by atoms with Crippen molar-refractivity contribution in [2.45, 2.75) is 121 Å². The molecule has 6 atom stereocenters. The summed E-state index contributed by atoms with van der Waals surface area (Å²) in [6.45, 7) is 15.0. The predicted octanol–water partition coefficient (Wildman–Crippen LogP) is 4.05. The number of likely N-dealkylation sites (tertiary alicyclic amines) is 2. The highest BCUT2D eigenvalue weighted by molar-refractivity contribution is 7.99. The van der Waals surface area contributed by atoms with Gasteiger partial charge in [-0.05, 0) is 88.9 Å². The van der Waals surface area contributed by atoms with Gasteiger partial charge in [0.2, 0.25) is 17.7 Å². The average molecular weight is 658 g/mol. The average Bonchev–Trinajstić information content (AvgIpc) is 3.49. The van der Waals surface area contributed by atoms with E-state index in [1.165, 1.54) is 12.8 Å². The van der Waals surface area contributed by atoms with Gasteiger partial charge < -0.3 is 21.1 Å². The number of β-amino-alcohol motifs (C(OH)–C–C–N with tert-alkyl or cyclic N) is 1. The largest absolute Gasteiger partial charge is 0.390 e. The molecule has 1 saturated carbocycles. The van der Waals surface area contributed by atoms with E-state index >= 15 is 0 Å². The summed E-state index contributed by atoms with van der Waals surface area (Å²) >= 11 is 1.58. The van der Waals surface area contributed by atoms with Gasteiger partial charge in [-0.15, -0.1) is 11.8 Å². The molecule has 2 heterocycles. The quantitative estimate of drug-likeness (QED) is 0.251. The molecule has 2 aliphatic heterocycles. The van der Waals surface area contributed by atoms with Gasteiger partial charge in [-0.3, -0.25) is 24.2 Å². The molecule has 10 heteroatoms. The van der Waals surface area contributed by atoms with Gasteiger partial charge in [-0.1, -0.05) is 58.2 Å². The van der Waals surface area contributed by atoms with Crippen LogP contribution in [0.3, 0.4) is 0 Å². The number of nitrogens with one attached hydrogen (secondary N) is 3. The number of hydrogen-bond donors (Lipinski definition) is 4. The predicted molar refractivity (Wildman–Crippen MR) is 185 cm³/mol. The van der Waals surface area contributed by atoms with E-state index in [0.717, 1.165) is 56.6 Å². The van der Waals surface area contributed by atoms with Gasteiger partial charge in [0.05, 0.1) is 24.7 Å². The zero-order chi connectivity index (χ0) is 33.5. The van der Waals surface area contributed by atoms with Crippen molar-refractivity contribution in [1.29, 1.82) is 0 Å². The molecule has 0 aromatic heterocycles. The normalized spacial score (nSPS) is 24.8. The number of carbonyl (C=O) groups excluding carboxylic acids is 3. The third kappa shape index (κ3) is 11.0. The first kappa shape index (κ1) is 36.7. The summed E-state index contributed by atoms with van der Waals surface area (Å²) in [5, 5.41) is 21.2. The summed E-state index contributed by atoms with van der Waals surface area (Å²) < 4.78 is 0. The van der Waals surface area contributed by atoms with E-state index in [2.05, 4.69) is 25.8 Å². The van der Waals surface area contributed by atoms with Gasteiger partial charge >= 0.3 is 0 Å². The van der Waals surface area contributed by atoms with E-state index in [1.807, 2.05) is 71.9 Å². The maximum absolute atomic E-state index is 14.0. The van der Waals surface area contributed by atoms with E-state index in [1.54, 1.807) is 11.8 Å². The van der Waals surface area contributed by atoms with Crippen LogP contribution in [0.2, 0.25) is 0 Å². The number of hydrogen-bond acceptors (Lipinski definition) is 7. The Morgan fingerprint density at radius 1 is 0.935 bits per heavy atom. The zero-order valence-corrected chi connectivity index (χ0v) is 29.8. The SMILES string of the molecule is CC(C)(C)NC(=O)C1CC2CCCCC2CN1CC(O)C(CSc1ccccc1)NC(=O)C(NC(=O)CN1CCCC1)C(C)(C)C. The Hall–Kier alpha value is -2.14. The van der Waals surface area contributed by atoms with Gasteiger partial charge in [0.25, 0.3) is 0 Å². The van der Waals surface area contributed by atoms with Crippen LogP contribution in [0.4, 0.5) is 0 Å². The van der Waals surface area contributed by atoms with Crippen LogP contribution < -0.4 is 16.0 Å². The van der Waals surface area contributed by atoms with Crippen molar-refractivity contribution in [1.82, 2.24) is 25.8 Å². The summed E-state index contributed by atoms with van der Waals surface area (Å²) in [6.07, 6.45) is 6.80. The fourth-order valence-electron chi connectivity index (χ4n) is 7.24. The van der Waals surface area contributed by atoms with Crippen molar-refractivity contribution in [3.63, 3.8) is 0 Å². The molecule has 0 spiro atoms. The molecule has 4 N–H and O–H groups in total. The number of piperidine rings is 1. The minimum atomic E-state index is -0.911. The van der Waals surface area contributed by atoms with Gasteiger partial charge in [-0.2, -0.15) is 0 Å². The Morgan fingerprint density at radius 2 is 1.59 bits per heavy atom. The summed E-state index contributed by atoms with van der Waals surface area (Å²) in [5.74, 6) is 1.05. The number of benzene rings is 1.